The number of fused-ring (bicyclic) bond motifs is 1. The SMILES string of the molecule is FC(F)C(F)(F)OC1=CC([C@H]2COc3c(cccc3-c3cc(C(F)(F)F)cc(C(F)(F)F)c3)N2)CC=C1. The maximum Gasteiger partial charge on any atom is 0.461 e. The number of anilines is 1. The Morgan fingerprint density at radius 2 is 1.57 bits per heavy atom. The molecule has 0 amide bonds. The molecule has 1 N–H and O–H groups in total. The lowest BCUT2D eigenvalue weighted by Gasteiger charge is -2.34. The predicted octanol–water partition coefficient (Wildman–Crippen LogP) is 7.90. The summed E-state index contributed by atoms with van der Waals surface area (Å²) in [6.07, 6.45) is -14.7. The van der Waals surface area contributed by atoms with Crippen molar-refractivity contribution in [3.05, 3.63) is 71.5 Å². The number of para-hydroxylation sites is 1. The minimum atomic E-state index is -5.03. The minimum absolute atomic E-state index is 0.00207. The molecule has 2 aliphatic rings. The van der Waals surface area contributed by atoms with Crippen molar-refractivity contribution in [1.82, 2.24) is 0 Å². The summed E-state index contributed by atoms with van der Waals surface area (Å²) in [4.78, 5) is 0. The highest BCUT2D eigenvalue weighted by molar-refractivity contribution is 5.80. The molecule has 0 aromatic heterocycles. The third-order valence-electron chi connectivity index (χ3n) is 5.76. The van der Waals surface area contributed by atoms with E-state index in [4.69, 9.17) is 4.74 Å². The standard InChI is InChI=1S/C24H17F10NO2/c25-21(26)24(33,34)37-16-4-1-3-12(9-16)19-11-36-20-17(5-2-6-18(20)35-19)13-7-14(22(27,28)29)10-15(8-13)23(30,31)32/h1-2,4-10,12,19,21,35H,3,11H2/t12?,19-/m1/s1. The van der Waals surface area contributed by atoms with E-state index in [9.17, 15) is 43.9 Å². The number of allylic oxidation sites excluding steroid dienone is 2. The van der Waals surface area contributed by atoms with Crippen molar-refractivity contribution in [1.29, 1.82) is 0 Å². The molecule has 0 radical (unpaired) electrons. The Morgan fingerprint density at radius 1 is 0.919 bits per heavy atom. The summed E-state index contributed by atoms with van der Waals surface area (Å²) in [6.45, 7) is -0.150. The number of ether oxygens (including phenoxy) is 2. The van der Waals surface area contributed by atoms with Gasteiger partial charge in [-0.25, -0.2) is 0 Å². The van der Waals surface area contributed by atoms with Gasteiger partial charge in [-0.1, -0.05) is 18.2 Å². The van der Waals surface area contributed by atoms with Gasteiger partial charge >= 0.3 is 24.9 Å². The van der Waals surface area contributed by atoms with Gasteiger partial charge in [0.15, 0.2) is 0 Å². The van der Waals surface area contributed by atoms with E-state index in [0.29, 0.717) is 18.6 Å². The lowest BCUT2D eigenvalue weighted by Crippen LogP contribution is -2.38. The molecule has 13 heteroatoms. The highest BCUT2D eigenvalue weighted by atomic mass is 19.4. The molecule has 200 valence electrons. The molecule has 37 heavy (non-hydrogen) atoms. The molecule has 3 nitrogen and oxygen atoms in total. The van der Waals surface area contributed by atoms with E-state index in [2.05, 4.69) is 10.1 Å². The van der Waals surface area contributed by atoms with Crippen molar-refractivity contribution in [2.24, 2.45) is 5.92 Å². The molecule has 2 aromatic rings. The van der Waals surface area contributed by atoms with Crippen LogP contribution in [0.15, 0.2) is 60.4 Å². The molecule has 0 saturated heterocycles. The average molecular weight is 541 g/mol. The Hall–Kier alpha value is -3.38. The average Bonchev–Trinajstić information content (AvgIpc) is 2.81. The summed E-state index contributed by atoms with van der Waals surface area (Å²) in [5.41, 5.74) is -3.12. The van der Waals surface area contributed by atoms with Crippen LogP contribution in [0.4, 0.5) is 49.6 Å². The largest absolute Gasteiger partial charge is 0.489 e. The Balaban J connectivity index is 1.63. The van der Waals surface area contributed by atoms with Gasteiger partial charge in [0.25, 0.3) is 0 Å². The highest BCUT2D eigenvalue weighted by Crippen LogP contribution is 2.44. The zero-order chi connectivity index (χ0) is 27.2. The van der Waals surface area contributed by atoms with E-state index >= 15 is 0 Å². The van der Waals surface area contributed by atoms with Crippen molar-refractivity contribution in [3.8, 4) is 16.9 Å². The maximum absolute atomic E-state index is 13.3. The van der Waals surface area contributed by atoms with Crippen LogP contribution in [0.5, 0.6) is 5.75 Å². The zero-order valence-electron chi connectivity index (χ0n) is 18.4. The van der Waals surface area contributed by atoms with Gasteiger partial charge in [0.2, 0.25) is 0 Å². The molecule has 4 rings (SSSR count). The molecule has 1 unspecified atom stereocenters. The molecular formula is C24H17F10NO2. The Morgan fingerprint density at radius 3 is 2.16 bits per heavy atom. The van der Waals surface area contributed by atoms with Gasteiger partial charge < -0.3 is 14.8 Å². The number of alkyl halides is 10. The molecule has 1 aliphatic heterocycles. The second-order valence-corrected chi connectivity index (χ2v) is 8.37. The minimum Gasteiger partial charge on any atom is -0.489 e. The van der Waals surface area contributed by atoms with Crippen molar-refractivity contribution in [3.63, 3.8) is 0 Å². The fourth-order valence-electron chi connectivity index (χ4n) is 4.02. The van der Waals surface area contributed by atoms with Gasteiger partial charge in [-0.15, -0.1) is 0 Å². The second kappa shape index (κ2) is 9.49. The smallest absolute Gasteiger partial charge is 0.461 e. The third-order valence-corrected chi connectivity index (χ3v) is 5.76. The van der Waals surface area contributed by atoms with Gasteiger partial charge in [-0.3, -0.25) is 0 Å². The summed E-state index contributed by atoms with van der Waals surface area (Å²) in [6, 6.07) is 4.78. The maximum atomic E-state index is 13.3. The lowest BCUT2D eigenvalue weighted by molar-refractivity contribution is -0.280. The number of rotatable bonds is 5. The summed E-state index contributed by atoms with van der Waals surface area (Å²) in [7, 11) is 0. The van der Waals surface area contributed by atoms with E-state index in [1.165, 1.54) is 30.4 Å². The normalized spacial score (nSPS) is 20.1. The Labute approximate surface area is 203 Å². The molecule has 0 bridgehead atoms. The first-order chi connectivity index (χ1) is 17.1. The molecule has 2 atom stereocenters. The predicted molar refractivity (Wildman–Crippen MR) is 112 cm³/mol. The first kappa shape index (κ1) is 26.7. The van der Waals surface area contributed by atoms with Gasteiger partial charge in [0, 0.05) is 11.5 Å². The van der Waals surface area contributed by atoms with Crippen LogP contribution in [0.2, 0.25) is 0 Å². The van der Waals surface area contributed by atoms with Crippen molar-refractivity contribution < 1.29 is 53.4 Å². The van der Waals surface area contributed by atoms with E-state index in [1.54, 1.807) is 0 Å². The van der Waals surface area contributed by atoms with E-state index in [-0.39, 0.29) is 35.2 Å². The fraction of sp³-hybridized carbons (Fsp3) is 0.333. The highest BCUT2D eigenvalue weighted by Gasteiger charge is 2.44. The molecule has 0 saturated carbocycles. The van der Waals surface area contributed by atoms with E-state index in [0.717, 1.165) is 6.08 Å². The molecular weight excluding hydrogens is 524 g/mol. The van der Waals surface area contributed by atoms with Gasteiger partial charge in [0.1, 0.15) is 18.1 Å². The molecule has 0 spiro atoms. The first-order valence-electron chi connectivity index (χ1n) is 10.7. The lowest BCUT2D eigenvalue weighted by atomic mass is 9.90. The van der Waals surface area contributed by atoms with E-state index in [1.807, 2.05) is 0 Å². The fourth-order valence-corrected chi connectivity index (χ4v) is 4.02. The number of benzene rings is 2. The van der Waals surface area contributed by atoms with Crippen molar-refractivity contribution in [2.75, 3.05) is 11.9 Å². The Kier molecular flexibility index (Phi) is 6.84. The van der Waals surface area contributed by atoms with Crippen LogP contribution in [-0.4, -0.2) is 25.2 Å². The Bertz CT molecular complexity index is 1180. The summed E-state index contributed by atoms with van der Waals surface area (Å²) in [5.74, 6) is -1.04. The topological polar surface area (TPSA) is 30.5 Å². The van der Waals surface area contributed by atoms with Crippen LogP contribution < -0.4 is 10.1 Å². The molecule has 1 heterocycles. The molecule has 1 aliphatic carbocycles. The van der Waals surface area contributed by atoms with Crippen LogP contribution in [0.3, 0.4) is 0 Å². The van der Waals surface area contributed by atoms with Crippen LogP contribution in [-0.2, 0) is 17.1 Å². The monoisotopic (exact) mass is 541 g/mol. The summed E-state index contributed by atoms with van der Waals surface area (Å²) < 4.78 is 141. The number of hydrogen-bond donors (Lipinski definition) is 1. The van der Waals surface area contributed by atoms with Gasteiger partial charge in [-0.2, -0.15) is 43.9 Å². The van der Waals surface area contributed by atoms with Crippen LogP contribution >= 0.6 is 0 Å². The third kappa shape index (κ3) is 5.80. The van der Waals surface area contributed by atoms with Gasteiger partial charge in [-0.05, 0) is 48.4 Å². The van der Waals surface area contributed by atoms with Crippen molar-refractivity contribution >= 4 is 5.69 Å². The van der Waals surface area contributed by atoms with Crippen LogP contribution in [0, 0.1) is 5.92 Å². The summed E-state index contributed by atoms with van der Waals surface area (Å²) in [5, 5.41) is 3.03. The molecule has 0 fully saturated rings. The summed E-state index contributed by atoms with van der Waals surface area (Å²) >= 11 is 0. The van der Waals surface area contributed by atoms with E-state index < -0.39 is 53.7 Å². The second-order valence-electron chi connectivity index (χ2n) is 8.37. The number of hydrogen-bond acceptors (Lipinski definition) is 3. The molecule has 2 aromatic carbocycles. The van der Waals surface area contributed by atoms with Crippen LogP contribution in [0.1, 0.15) is 17.5 Å². The first-order valence-corrected chi connectivity index (χ1v) is 10.7. The number of halogens is 10. The van der Waals surface area contributed by atoms with Crippen LogP contribution in [0.25, 0.3) is 11.1 Å². The number of nitrogens with one attached hydrogen (secondary N) is 1. The quantitative estimate of drug-likeness (QED) is 0.391. The zero-order valence-corrected chi connectivity index (χ0v) is 18.4. The van der Waals surface area contributed by atoms with Crippen molar-refractivity contribution in [2.45, 2.75) is 37.3 Å². The van der Waals surface area contributed by atoms with Gasteiger partial charge in [0.05, 0.1) is 22.9 Å².